The van der Waals surface area contributed by atoms with Gasteiger partial charge in [0.25, 0.3) is 0 Å². The molecular weight excluding hydrogens is 264 g/mol. The molecule has 19 heavy (non-hydrogen) atoms. The average Bonchev–Trinajstić information content (AvgIpc) is 2.81. The number of carbonyl (C=O) groups excluding carboxylic acids is 2. The first-order chi connectivity index (χ1) is 9.10. The molecule has 0 unspecified atom stereocenters. The molecule has 104 valence electrons. The summed E-state index contributed by atoms with van der Waals surface area (Å²) in [4.78, 5) is 26.9. The van der Waals surface area contributed by atoms with Crippen molar-refractivity contribution in [2.45, 2.75) is 44.9 Å². The summed E-state index contributed by atoms with van der Waals surface area (Å²) in [5, 5.41) is 16.0. The molecule has 0 aromatic carbocycles. The zero-order chi connectivity index (χ0) is 13.7. The van der Waals surface area contributed by atoms with E-state index in [1.165, 1.54) is 11.3 Å². The smallest absolute Gasteiger partial charge is 0.226 e. The standard InChI is InChI=1S/C13H18N2O3S/c16-10(15-12-14-6-7-19-12)8-13(9-11(17)18)4-2-1-3-5-13/h6-7H,1-5,8-9H2,(H,17,18)(H,14,15,16)/p-1. The minimum Gasteiger partial charge on any atom is -0.550 e. The van der Waals surface area contributed by atoms with Gasteiger partial charge in [-0.3, -0.25) is 4.79 Å². The Morgan fingerprint density at radius 2 is 2.05 bits per heavy atom. The highest BCUT2D eigenvalue weighted by atomic mass is 32.1. The summed E-state index contributed by atoms with van der Waals surface area (Å²) >= 11 is 1.35. The van der Waals surface area contributed by atoms with E-state index in [2.05, 4.69) is 10.3 Å². The van der Waals surface area contributed by atoms with Gasteiger partial charge in [0.2, 0.25) is 5.91 Å². The van der Waals surface area contributed by atoms with E-state index in [4.69, 9.17) is 0 Å². The largest absolute Gasteiger partial charge is 0.550 e. The van der Waals surface area contributed by atoms with Crippen LogP contribution in [0.4, 0.5) is 5.13 Å². The molecule has 1 aliphatic rings. The van der Waals surface area contributed by atoms with Crippen LogP contribution in [0.15, 0.2) is 11.6 Å². The fraction of sp³-hybridized carbons (Fsp3) is 0.615. The highest BCUT2D eigenvalue weighted by Crippen LogP contribution is 2.42. The number of nitrogens with one attached hydrogen (secondary N) is 1. The Morgan fingerprint density at radius 3 is 2.63 bits per heavy atom. The van der Waals surface area contributed by atoms with Gasteiger partial charge in [-0.05, 0) is 24.7 Å². The number of thiazole rings is 1. The van der Waals surface area contributed by atoms with Crippen LogP contribution in [0, 0.1) is 5.41 Å². The van der Waals surface area contributed by atoms with Crippen LogP contribution in [0.25, 0.3) is 0 Å². The predicted octanol–water partition coefficient (Wildman–Crippen LogP) is 1.56. The van der Waals surface area contributed by atoms with Crippen LogP contribution < -0.4 is 10.4 Å². The molecule has 2 rings (SSSR count). The van der Waals surface area contributed by atoms with Crippen LogP contribution >= 0.6 is 11.3 Å². The highest BCUT2D eigenvalue weighted by molar-refractivity contribution is 7.13. The number of hydrogen-bond donors (Lipinski definition) is 1. The number of hydrogen-bond acceptors (Lipinski definition) is 5. The second kappa shape index (κ2) is 6.14. The van der Waals surface area contributed by atoms with Crippen molar-refractivity contribution in [3.63, 3.8) is 0 Å². The van der Waals surface area contributed by atoms with Crippen LogP contribution in [0.1, 0.15) is 44.9 Å². The molecule has 0 bridgehead atoms. The summed E-state index contributed by atoms with van der Waals surface area (Å²) in [6, 6.07) is 0. The van der Waals surface area contributed by atoms with Crippen LogP contribution in [0.2, 0.25) is 0 Å². The molecule has 5 nitrogen and oxygen atoms in total. The number of nitrogens with zero attached hydrogens (tertiary/aromatic N) is 1. The molecule has 1 saturated carbocycles. The van der Waals surface area contributed by atoms with Crippen molar-refractivity contribution < 1.29 is 14.7 Å². The molecule has 1 aromatic rings. The topological polar surface area (TPSA) is 82.1 Å². The lowest BCUT2D eigenvalue weighted by molar-refractivity contribution is -0.308. The SMILES string of the molecule is O=C([O-])CC1(CC(=O)Nc2nccs2)CCCCC1. The Bertz CT molecular complexity index is 439. The Morgan fingerprint density at radius 1 is 1.32 bits per heavy atom. The third kappa shape index (κ3) is 4.02. The third-order valence-electron chi connectivity index (χ3n) is 3.65. The van der Waals surface area contributed by atoms with E-state index in [0.29, 0.717) is 5.13 Å². The van der Waals surface area contributed by atoms with Crippen LogP contribution in [0.5, 0.6) is 0 Å². The maximum absolute atomic E-state index is 12.0. The molecule has 1 aliphatic carbocycles. The van der Waals surface area contributed by atoms with E-state index in [1.807, 2.05) is 0 Å². The molecule has 0 radical (unpaired) electrons. The summed E-state index contributed by atoms with van der Waals surface area (Å²) < 4.78 is 0. The lowest BCUT2D eigenvalue weighted by Gasteiger charge is -2.37. The second-order valence-electron chi connectivity index (χ2n) is 5.17. The molecule has 0 aliphatic heterocycles. The number of carboxylic acid groups (broad SMARTS) is 1. The van der Waals surface area contributed by atoms with Gasteiger partial charge in [-0.15, -0.1) is 11.3 Å². The third-order valence-corrected chi connectivity index (χ3v) is 4.34. The Balaban J connectivity index is 1.98. The lowest BCUT2D eigenvalue weighted by Crippen LogP contribution is -2.36. The summed E-state index contributed by atoms with van der Waals surface area (Å²) in [5.41, 5.74) is -0.432. The minimum absolute atomic E-state index is 0.0295. The molecule has 0 atom stereocenters. The van der Waals surface area contributed by atoms with Crippen LogP contribution in [-0.2, 0) is 9.59 Å². The van der Waals surface area contributed by atoms with Gasteiger partial charge in [0.1, 0.15) is 0 Å². The van der Waals surface area contributed by atoms with Gasteiger partial charge in [0.05, 0.1) is 0 Å². The van der Waals surface area contributed by atoms with E-state index in [-0.39, 0.29) is 18.7 Å². The monoisotopic (exact) mass is 281 g/mol. The van der Waals surface area contributed by atoms with Crippen LogP contribution in [-0.4, -0.2) is 16.9 Å². The maximum atomic E-state index is 12.0. The second-order valence-corrected chi connectivity index (χ2v) is 6.07. The maximum Gasteiger partial charge on any atom is 0.226 e. The quantitative estimate of drug-likeness (QED) is 0.888. The predicted molar refractivity (Wildman–Crippen MR) is 70.5 cm³/mol. The van der Waals surface area contributed by atoms with Crippen molar-refractivity contribution in [1.82, 2.24) is 4.98 Å². The molecule has 1 N–H and O–H groups in total. The number of aliphatic carboxylic acids is 1. The fourth-order valence-electron chi connectivity index (χ4n) is 2.81. The van der Waals surface area contributed by atoms with Gasteiger partial charge in [0.15, 0.2) is 5.13 Å². The summed E-state index contributed by atoms with van der Waals surface area (Å²) in [5.74, 6) is -1.22. The molecule has 1 fully saturated rings. The average molecular weight is 281 g/mol. The van der Waals surface area contributed by atoms with Gasteiger partial charge in [0, 0.05) is 24.0 Å². The number of carboxylic acids is 1. The number of carbonyl (C=O) groups is 2. The number of aromatic nitrogens is 1. The van der Waals surface area contributed by atoms with E-state index in [9.17, 15) is 14.7 Å². The number of rotatable bonds is 5. The Labute approximate surface area is 116 Å². The molecule has 1 aromatic heterocycles. The molecule has 1 heterocycles. The normalized spacial score (nSPS) is 17.9. The first-order valence-corrected chi connectivity index (χ1v) is 7.37. The van der Waals surface area contributed by atoms with E-state index in [0.717, 1.165) is 32.1 Å². The molecule has 0 spiro atoms. The summed E-state index contributed by atoms with van der Waals surface area (Å²) in [7, 11) is 0. The molecule has 1 amide bonds. The first-order valence-electron chi connectivity index (χ1n) is 6.49. The van der Waals surface area contributed by atoms with Gasteiger partial charge in [-0.25, -0.2) is 4.98 Å². The van der Waals surface area contributed by atoms with Crippen molar-refractivity contribution in [2.24, 2.45) is 5.41 Å². The van der Waals surface area contributed by atoms with Crippen molar-refractivity contribution in [1.29, 1.82) is 0 Å². The Kier molecular flexibility index (Phi) is 4.52. The molecule has 6 heteroatoms. The molecule has 0 saturated heterocycles. The van der Waals surface area contributed by atoms with Gasteiger partial charge >= 0.3 is 0 Å². The zero-order valence-corrected chi connectivity index (χ0v) is 11.5. The van der Waals surface area contributed by atoms with Gasteiger partial charge < -0.3 is 15.2 Å². The summed E-state index contributed by atoms with van der Waals surface area (Å²) in [6.45, 7) is 0. The minimum atomic E-state index is -1.07. The molecular formula is C13H17N2O3S-. The van der Waals surface area contributed by atoms with E-state index >= 15 is 0 Å². The van der Waals surface area contributed by atoms with Crippen molar-refractivity contribution in [2.75, 3.05) is 5.32 Å². The van der Waals surface area contributed by atoms with Crippen molar-refractivity contribution >= 4 is 28.3 Å². The number of amides is 1. The van der Waals surface area contributed by atoms with E-state index < -0.39 is 11.4 Å². The van der Waals surface area contributed by atoms with Gasteiger partial charge in [-0.1, -0.05) is 19.3 Å². The Hall–Kier alpha value is -1.43. The zero-order valence-electron chi connectivity index (χ0n) is 10.7. The fourth-order valence-corrected chi connectivity index (χ4v) is 3.36. The lowest BCUT2D eigenvalue weighted by atomic mass is 9.69. The van der Waals surface area contributed by atoms with Crippen LogP contribution in [0.3, 0.4) is 0 Å². The first kappa shape index (κ1) is 14.0. The van der Waals surface area contributed by atoms with Crippen molar-refractivity contribution in [3.8, 4) is 0 Å². The highest BCUT2D eigenvalue weighted by Gasteiger charge is 2.34. The van der Waals surface area contributed by atoms with E-state index in [1.54, 1.807) is 11.6 Å². The van der Waals surface area contributed by atoms with Gasteiger partial charge in [-0.2, -0.15) is 0 Å². The number of anilines is 1. The van der Waals surface area contributed by atoms with Crippen molar-refractivity contribution in [3.05, 3.63) is 11.6 Å². The summed E-state index contributed by atoms with van der Waals surface area (Å²) in [6.07, 6.45) is 6.48.